The Hall–Kier alpha value is -1.62. The molecule has 16 heavy (non-hydrogen) atoms. The van der Waals surface area contributed by atoms with Crippen LogP contribution in [0.5, 0.6) is 0 Å². The minimum absolute atomic E-state index is 0.185. The number of rotatable bonds is 3. The SMILES string of the molecule is CC(NC(=O)c1cccc(Cl)c1F)C(=O)O. The Morgan fingerprint density at radius 3 is 2.69 bits per heavy atom. The molecule has 86 valence electrons. The van der Waals surface area contributed by atoms with E-state index in [9.17, 15) is 14.0 Å². The Kier molecular flexibility index (Phi) is 3.84. The lowest BCUT2D eigenvalue weighted by atomic mass is 10.2. The summed E-state index contributed by atoms with van der Waals surface area (Å²) in [4.78, 5) is 21.9. The van der Waals surface area contributed by atoms with E-state index in [2.05, 4.69) is 5.32 Å². The summed E-state index contributed by atoms with van der Waals surface area (Å²) in [6, 6.07) is 2.84. The van der Waals surface area contributed by atoms with Crippen LogP contribution in [0.1, 0.15) is 17.3 Å². The molecule has 1 rings (SSSR count). The minimum atomic E-state index is -1.20. The second-order valence-corrected chi connectivity index (χ2v) is 3.54. The Morgan fingerprint density at radius 1 is 1.50 bits per heavy atom. The molecule has 0 spiro atoms. The summed E-state index contributed by atoms with van der Waals surface area (Å²) in [6.45, 7) is 1.28. The molecule has 0 aliphatic heterocycles. The van der Waals surface area contributed by atoms with Crippen molar-refractivity contribution in [2.45, 2.75) is 13.0 Å². The lowest BCUT2D eigenvalue weighted by Crippen LogP contribution is -2.38. The van der Waals surface area contributed by atoms with E-state index in [4.69, 9.17) is 16.7 Å². The van der Waals surface area contributed by atoms with E-state index in [-0.39, 0.29) is 10.6 Å². The van der Waals surface area contributed by atoms with Crippen molar-refractivity contribution >= 4 is 23.5 Å². The number of halogens is 2. The number of carbonyl (C=O) groups excluding carboxylic acids is 1. The van der Waals surface area contributed by atoms with Crippen LogP contribution in [-0.2, 0) is 4.79 Å². The predicted octanol–water partition coefficient (Wildman–Crippen LogP) is 1.68. The number of aliphatic carboxylic acids is 1. The summed E-state index contributed by atoms with van der Waals surface area (Å²) >= 11 is 5.49. The third-order valence-electron chi connectivity index (χ3n) is 1.91. The molecule has 0 aliphatic rings. The molecule has 1 atom stereocenters. The number of carboxylic acid groups (broad SMARTS) is 1. The van der Waals surface area contributed by atoms with E-state index in [0.29, 0.717) is 0 Å². The van der Waals surface area contributed by atoms with Gasteiger partial charge in [-0.1, -0.05) is 17.7 Å². The van der Waals surface area contributed by atoms with Gasteiger partial charge in [0.25, 0.3) is 5.91 Å². The Bertz CT molecular complexity index is 436. The smallest absolute Gasteiger partial charge is 0.325 e. The molecule has 0 radical (unpaired) electrons. The molecule has 6 heteroatoms. The molecule has 0 saturated carbocycles. The van der Waals surface area contributed by atoms with Crippen LogP contribution < -0.4 is 5.32 Å². The van der Waals surface area contributed by atoms with Crippen molar-refractivity contribution in [2.24, 2.45) is 0 Å². The van der Waals surface area contributed by atoms with Gasteiger partial charge < -0.3 is 10.4 Å². The zero-order valence-corrected chi connectivity index (χ0v) is 9.08. The van der Waals surface area contributed by atoms with Gasteiger partial charge in [-0.2, -0.15) is 0 Å². The van der Waals surface area contributed by atoms with Gasteiger partial charge >= 0.3 is 5.97 Å². The number of amides is 1. The number of hydrogen-bond acceptors (Lipinski definition) is 2. The molecule has 0 fully saturated rings. The lowest BCUT2D eigenvalue weighted by molar-refractivity contribution is -0.138. The van der Waals surface area contributed by atoms with E-state index >= 15 is 0 Å². The van der Waals surface area contributed by atoms with E-state index < -0.39 is 23.7 Å². The average Bonchev–Trinajstić information content (AvgIpc) is 2.21. The van der Waals surface area contributed by atoms with Gasteiger partial charge in [0.1, 0.15) is 6.04 Å². The van der Waals surface area contributed by atoms with E-state index in [0.717, 1.165) is 0 Å². The first-order valence-electron chi connectivity index (χ1n) is 4.41. The first kappa shape index (κ1) is 12.4. The van der Waals surface area contributed by atoms with Crippen molar-refractivity contribution in [1.29, 1.82) is 0 Å². The zero-order valence-electron chi connectivity index (χ0n) is 8.33. The number of benzene rings is 1. The topological polar surface area (TPSA) is 66.4 Å². The highest BCUT2D eigenvalue weighted by Gasteiger charge is 2.18. The van der Waals surface area contributed by atoms with E-state index in [1.54, 1.807) is 0 Å². The number of nitrogens with one attached hydrogen (secondary N) is 1. The van der Waals surface area contributed by atoms with Gasteiger partial charge in [0.15, 0.2) is 5.82 Å². The molecule has 1 aromatic carbocycles. The Morgan fingerprint density at radius 2 is 2.12 bits per heavy atom. The third kappa shape index (κ3) is 2.70. The van der Waals surface area contributed by atoms with Gasteiger partial charge in [-0.25, -0.2) is 4.39 Å². The van der Waals surface area contributed by atoms with Crippen LogP contribution >= 0.6 is 11.6 Å². The summed E-state index contributed by atoms with van der Waals surface area (Å²) in [5.41, 5.74) is -0.277. The monoisotopic (exact) mass is 245 g/mol. The molecule has 0 bridgehead atoms. The molecule has 1 aromatic rings. The molecule has 0 aromatic heterocycles. The first-order chi connectivity index (χ1) is 7.43. The van der Waals surface area contributed by atoms with Gasteiger partial charge in [-0.15, -0.1) is 0 Å². The second kappa shape index (κ2) is 4.94. The van der Waals surface area contributed by atoms with Crippen molar-refractivity contribution in [3.8, 4) is 0 Å². The van der Waals surface area contributed by atoms with Gasteiger partial charge in [-0.3, -0.25) is 9.59 Å². The number of carbonyl (C=O) groups is 2. The Labute approximate surface area is 96.0 Å². The fourth-order valence-electron chi connectivity index (χ4n) is 1.02. The molecule has 0 saturated heterocycles. The van der Waals surface area contributed by atoms with Gasteiger partial charge in [0.05, 0.1) is 10.6 Å². The molecule has 4 nitrogen and oxygen atoms in total. The van der Waals surface area contributed by atoms with Crippen molar-refractivity contribution in [3.63, 3.8) is 0 Å². The zero-order chi connectivity index (χ0) is 12.3. The minimum Gasteiger partial charge on any atom is -0.480 e. The van der Waals surface area contributed by atoms with Crippen LogP contribution in [0.15, 0.2) is 18.2 Å². The maximum Gasteiger partial charge on any atom is 0.325 e. The third-order valence-corrected chi connectivity index (χ3v) is 2.21. The van der Waals surface area contributed by atoms with Crippen molar-refractivity contribution < 1.29 is 19.1 Å². The molecular formula is C10H9ClFNO3. The van der Waals surface area contributed by atoms with Crippen LogP contribution in [0.25, 0.3) is 0 Å². The Balaban J connectivity index is 2.89. The van der Waals surface area contributed by atoms with Crippen LogP contribution in [0.4, 0.5) is 4.39 Å². The molecule has 0 aliphatic carbocycles. The summed E-state index contributed by atoms with van der Waals surface area (Å²) in [6.07, 6.45) is 0. The number of carboxylic acids is 1. The van der Waals surface area contributed by atoms with Gasteiger partial charge in [0, 0.05) is 0 Å². The molecule has 1 amide bonds. The first-order valence-corrected chi connectivity index (χ1v) is 4.79. The van der Waals surface area contributed by atoms with Gasteiger partial charge in [0.2, 0.25) is 0 Å². The highest BCUT2D eigenvalue weighted by molar-refractivity contribution is 6.31. The summed E-state index contributed by atoms with van der Waals surface area (Å²) in [7, 11) is 0. The normalized spacial score (nSPS) is 11.9. The predicted molar refractivity (Wildman–Crippen MR) is 56.0 cm³/mol. The van der Waals surface area contributed by atoms with Gasteiger partial charge in [-0.05, 0) is 19.1 Å². The van der Waals surface area contributed by atoms with Crippen LogP contribution in [0.2, 0.25) is 5.02 Å². The van der Waals surface area contributed by atoms with E-state index in [1.807, 2.05) is 0 Å². The lowest BCUT2D eigenvalue weighted by Gasteiger charge is -2.09. The van der Waals surface area contributed by atoms with Crippen molar-refractivity contribution in [3.05, 3.63) is 34.6 Å². The molecular weight excluding hydrogens is 237 g/mol. The van der Waals surface area contributed by atoms with Crippen molar-refractivity contribution in [1.82, 2.24) is 5.32 Å². The molecule has 1 unspecified atom stereocenters. The second-order valence-electron chi connectivity index (χ2n) is 3.13. The van der Waals surface area contributed by atoms with Crippen molar-refractivity contribution in [2.75, 3.05) is 0 Å². The summed E-state index contributed by atoms with van der Waals surface area (Å²) in [5.74, 6) is -2.87. The van der Waals surface area contributed by atoms with Crippen LogP contribution in [-0.4, -0.2) is 23.0 Å². The summed E-state index contributed by atoms with van der Waals surface area (Å²) < 4.78 is 13.4. The fourth-order valence-corrected chi connectivity index (χ4v) is 1.19. The standard InChI is InChI=1S/C10H9ClFNO3/c1-5(10(15)16)13-9(14)6-3-2-4-7(11)8(6)12/h2-5H,1H3,(H,13,14)(H,15,16). The van der Waals surface area contributed by atoms with Crippen LogP contribution in [0.3, 0.4) is 0 Å². The number of hydrogen-bond donors (Lipinski definition) is 2. The fraction of sp³-hybridized carbons (Fsp3) is 0.200. The highest BCUT2D eigenvalue weighted by Crippen LogP contribution is 2.17. The quantitative estimate of drug-likeness (QED) is 0.852. The maximum absolute atomic E-state index is 13.4. The molecule has 0 heterocycles. The largest absolute Gasteiger partial charge is 0.480 e. The highest BCUT2D eigenvalue weighted by atomic mass is 35.5. The average molecular weight is 246 g/mol. The van der Waals surface area contributed by atoms with E-state index in [1.165, 1.54) is 25.1 Å². The molecule has 2 N–H and O–H groups in total. The maximum atomic E-state index is 13.4. The summed E-state index contributed by atoms with van der Waals surface area (Å²) in [5, 5.41) is 10.5. The van der Waals surface area contributed by atoms with Crippen LogP contribution in [0, 0.1) is 5.82 Å².